The zero-order valence-corrected chi connectivity index (χ0v) is 27.3. The van der Waals surface area contributed by atoms with Crippen LogP contribution < -0.4 is 29.1 Å². The van der Waals surface area contributed by atoms with Gasteiger partial charge in [-0.2, -0.15) is 0 Å². The predicted octanol–water partition coefficient (Wildman–Crippen LogP) is 6.20. The second-order valence-corrected chi connectivity index (χ2v) is 11.9. The standard InChI is InChI=1S/C36H31ClN2O6S/c1-5-44-35(41)31-21(2)38-36-39(33(31)32-25-12-8-6-10-23(25)15-17-28(32)42-3)34(40)30(46-36)19-22-14-16-27(29(18-22)43-4)45-20-24-11-7-9-13-26(24)37/h6-19,33H,5,20H2,1-4H3. The molecule has 4 aromatic carbocycles. The number of esters is 1. The number of nitrogens with zero attached hydrogens (tertiary/aromatic N) is 2. The van der Waals surface area contributed by atoms with Gasteiger partial charge in [0.05, 0.1) is 36.6 Å². The molecule has 0 aliphatic carbocycles. The van der Waals surface area contributed by atoms with Crippen LogP contribution in [0.5, 0.6) is 17.2 Å². The number of allylic oxidation sites excluding steroid dienone is 1. The number of fused-ring (bicyclic) bond motifs is 2. The van der Waals surface area contributed by atoms with Gasteiger partial charge in [-0.05, 0) is 60.5 Å². The third kappa shape index (κ3) is 5.79. The summed E-state index contributed by atoms with van der Waals surface area (Å²) >= 11 is 7.54. The number of thiazole rings is 1. The fraction of sp³-hybridized carbons (Fsp3) is 0.194. The van der Waals surface area contributed by atoms with Crippen LogP contribution in [-0.4, -0.2) is 31.4 Å². The number of rotatable bonds is 9. The van der Waals surface area contributed by atoms with Crippen LogP contribution in [0.25, 0.3) is 16.8 Å². The molecule has 6 rings (SSSR count). The Bertz CT molecular complexity index is 2190. The second-order valence-electron chi connectivity index (χ2n) is 10.5. The van der Waals surface area contributed by atoms with E-state index in [-0.39, 0.29) is 24.3 Å². The van der Waals surface area contributed by atoms with Gasteiger partial charge in [0.25, 0.3) is 5.56 Å². The Hall–Kier alpha value is -4.86. The van der Waals surface area contributed by atoms with E-state index >= 15 is 0 Å². The molecule has 0 N–H and O–H groups in total. The van der Waals surface area contributed by atoms with Crippen molar-refractivity contribution >= 4 is 45.8 Å². The zero-order valence-electron chi connectivity index (χ0n) is 25.7. The van der Waals surface area contributed by atoms with Crippen LogP contribution in [0, 0.1) is 0 Å². The van der Waals surface area contributed by atoms with Crippen molar-refractivity contribution in [3.05, 3.63) is 132 Å². The van der Waals surface area contributed by atoms with Crippen molar-refractivity contribution in [1.82, 2.24) is 4.57 Å². The van der Waals surface area contributed by atoms with Crippen LogP contribution in [0.1, 0.15) is 36.6 Å². The molecule has 0 bridgehead atoms. The summed E-state index contributed by atoms with van der Waals surface area (Å²) in [5.74, 6) is 1.06. The number of halogens is 1. The van der Waals surface area contributed by atoms with E-state index in [0.717, 1.165) is 21.9 Å². The summed E-state index contributed by atoms with van der Waals surface area (Å²) in [5.41, 5.74) is 2.74. The van der Waals surface area contributed by atoms with Gasteiger partial charge in [0, 0.05) is 16.1 Å². The minimum Gasteiger partial charge on any atom is -0.496 e. The van der Waals surface area contributed by atoms with Gasteiger partial charge in [-0.3, -0.25) is 9.36 Å². The molecule has 1 aliphatic rings. The quantitative estimate of drug-likeness (QED) is 0.176. The third-order valence-electron chi connectivity index (χ3n) is 7.77. The molecule has 1 atom stereocenters. The van der Waals surface area contributed by atoms with Crippen molar-refractivity contribution in [3.8, 4) is 17.2 Å². The maximum absolute atomic E-state index is 14.3. The Morgan fingerprint density at radius 1 is 0.978 bits per heavy atom. The molecule has 0 saturated heterocycles. The average molecular weight is 655 g/mol. The summed E-state index contributed by atoms with van der Waals surface area (Å²) in [6.45, 7) is 3.96. The van der Waals surface area contributed by atoms with Gasteiger partial charge in [0.2, 0.25) is 0 Å². The molecule has 0 amide bonds. The van der Waals surface area contributed by atoms with E-state index < -0.39 is 12.0 Å². The first-order valence-corrected chi connectivity index (χ1v) is 15.8. The number of carbonyl (C=O) groups is 1. The number of carbonyl (C=O) groups excluding carboxylic acids is 1. The summed E-state index contributed by atoms with van der Waals surface area (Å²) in [5, 5.41) is 2.42. The highest BCUT2D eigenvalue weighted by atomic mass is 35.5. The van der Waals surface area contributed by atoms with Crippen molar-refractivity contribution in [1.29, 1.82) is 0 Å². The minimum atomic E-state index is -0.825. The van der Waals surface area contributed by atoms with Gasteiger partial charge in [0.1, 0.15) is 18.4 Å². The number of hydrogen-bond donors (Lipinski definition) is 0. The highest BCUT2D eigenvalue weighted by Gasteiger charge is 2.36. The molecule has 0 saturated carbocycles. The first-order chi connectivity index (χ1) is 22.3. The molecular weight excluding hydrogens is 624 g/mol. The largest absolute Gasteiger partial charge is 0.496 e. The minimum absolute atomic E-state index is 0.180. The fourth-order valence-corrected chi connectivity index (χ4v) is 6.85. The summed E-state index contributed by atoms with van der Waals surface area (Å²) in [6.07, 6.45) is 1.78. The maximum atomic E-state index is 14.3. The molecule has 1 aliphatic heterocycles. The number of benzene rings is 4. The molecule has 1 unspecified atom stereocenters. The maximum Gasteiger partial charge on any atom is 0.338 e. The van der Waals surface area contributed by atoms with Gasteiger partial charge in [0.15, 0.2) is 16.3 Å². The van der Waals surface area contributed by atoms with E-state index in [4.69, 9.17) is 35.5 Å². The van der Waals surface area contributed by atoms with Crippen molar-refractivity contribution in [3.63, 3.8) is 0 Å². The van der Waals surface area contributed by atoms with Crippen LogP contribution in [0.4, 0.5) is 0 Å². The first-order valence-electron chi connectivity index (χ1n) is 14.6. The van der Waals surface area contributed by atoms with Gasteiger partial charge < -0.3 is 18.9 Å². The van der Waals surface area contributed by atoms with E-state index in [0.29, 0.717) is 42.9 Å². The van der Waals surface area contributed by atoms with Crippen molar-refractivity contribution in [2.24, 2.45) is 4.99 Å². The van der Waals surface area contributed by atoms with Crippen molar-refractivity contribution < 1.29 is 23.7 Å². The van der Waals surface area contributed by atoms with E-state index in [1.807, 2.05) is 66.7 Å². The molecule has 234 valence electrons. The van der Waals surface area contributed by atoms with Gasteiger partial charge in [-0.25, -0.2) is 9.79 Å². The fourth-order valence-electron chi connectivity index (χ4n) is 5.62. The lowest BCUT2D eigenvalue weighted by atomic mass is 9.90. The average Bonchev–Trinajstić information content (AvgIpc) is 3.37. The Morgan fingerprint density at radius 2 is 1.72 bits per heavy atom. The summed E-state index contributed by atoms with van der Waals surface area (Å²) in [6, 6.07) is 23.7. The highest BCUT2D eigenvalue weighted by Crippen LogP contribution is 2.40. The number of aromatic nitrogens is 1. The van der Waals surface area contributed by atoms with Crippen LogP contribution in [0.2, 0.25) is 5.02 Å². The topological polar surface area (TPSA) is 88.4 Å². The van der Waals surface area contributed by atoms with Crippen LogP contribution in [0.15, 0.2) is 99.9 Å². The highest BCUT2D eigenvalue weighted by molar-refractivity contribution is 7.07. The summed E-state index contributed by atoms with van der Waals surface area (Å²) in [4.78, 5) is 32.9. The van der Waals surface area contributed by atoms with Crippen molar-refractivity contribution in [2.45, 2.75) is 26.5 Å². The van der Waals surface area contributed by atoms with E-state index in [1.165, 1.54) is 11.3 Å². The molecule has 2 heterocycles. The van der Waals surface area contributed by atoms with E-state index in [1.54, 1.807) is 50.8 Å². The lowest BCUT2D eigenvalue weighted by Gasteiger charge is -2.27. The molecule has 0 spiro atoms. The molecule has 0 radical (unpaired) electrons. The molecule has 5 aromatic rings. The second kappa shape index (κ2) is 13.2. The summed E-state index contributed by atoms with van der Waals surface area (Å²) in [7, 11) is 3.14. The lowest BCUT2D eigenvalue weighted by molar-refractivity contribution is -0.139. The normalized spacial score (nSPS) is 14.5. The SMILES string of the molecule is CCOC(=O)C1=C(C)N=c2sc(=Cc3ccc(OCc4ccccc4Cl)c(OC)c3)c(=O)n2C1c1c(OC)ccc2ccccc12. The third-order valence-corrected chi connectivity index (χ3v) is 9.12. The van der Waals surface area contributed by atoms with Gasteiger partial charge >= 0.3 is 5.97 Å². The summed E-state index contributed by atoms with van der Waals surface area (Å²) < 4.78 is 25.0. The van der Waals surface area contributed by atoms with Crippen LogP contribution in [-0.2, 0) is 16.1 Å². The molecular formula is C36H31ClN2O6S. The van der Waals surface area contributed by atoms with Gasteiger partial charge in [-0.15, -0.1) is 0 Å². The number of ether oxygens (including phenoxy) is 4. The molecule has 10 heteroatoms. The predicted molar refractivity (Wildman–Crippen MR) is 180 cm³/mol. The van der Waals surface area contributed by atoms with Gasteiger partial charge in [-0.1, -0.05) is 77.5 Å². The van der Waals surface area contributed by atoms with E-state index in [9.17, 15) is 9.59 Å². The smallest absolute Gasteiger partial charge is 0.338 e. The molecule has 46 heavy (non-hydrogen) atoms. The zero-order chi connectivity index (χ0) is 32.4. The van der Waals surface area contributed by atoms with E-state index in [2.05, 4.69) is 0 Å². The number of hydrogen-bond acceptors (Lipinski definition) is 8. The van der Waals surface area contributed by atoms with Crippen LogP contribution >= 0.6 is 22.9 Å². The first kappa shape index (κ1) is 31.1. The monoisotopic (exact) mass is 654 g/mol. The molecule has 1 aromatic heterocycles. The van der Waals surface area contributed by atoms with Crippen molar-refractivity contribution in [2.75, 3.05) is 20.8 Å². The lowest BCUT2D eigenvalue weighted by Crippen LogP contribution is -2.40. The molecule has 8 nitrogen and oxygen atoms in total. The Balaban J connectivity index is 1.48. The number of methoxy groups -OCH3 is 2. The Morgan fingerprint density at radius 3 is 2.48 bits per heavy atom. The van der Waals surface area contributed by atoms with Crippen LogP contribution in [0.3, 0.4) is 0 Å². The Kier molecular flexibility index (Phi) is 8.96. The molecule has 0 fully saturated rings. The Labute approximate surface area is 274 Å².